The van der Waals surface area contributed by atoms with Crippen molar-refractivity contribution >= 4 is 22.5 Å². The highest BCUT2D eigenvalue weighted by atomic mass is 16.1. The third kappa shape index (κ3) is 4.19. The van der Waals surface area contributed by atoms with E-state index >= 15 is 0 Å². The standard InChI is InChI=1S/C24H26N2O/c1-17-6-12-20(13-7-17)26-24(27)16-18-8-10-19(11-9-18)21-14-15-25-23-5-3-2-4-22(21)23/h2-7,12-15,18-19H,8-11,16H2,1H3,(H,26,27). The zero-order valence-corrected chi connectivity index (χ0v) is 15.8. The van der Waals surface area contributed by atoms with Gasteiger partial charge in [-0.15, -0.1) is 0 Å². The number of hydrogen-bond donors (Lipinski definition) is 1. The molecule has 3 aromatic rings. The Morgan fingerprint density at radius 3 is 2.52 bits per heavy atom. The SMILES string of the molecule is Cc1ccc(NC(=O)CC2CCC(c3ccnc4ccccc34)CC2)cc1. The summed E-state index contributed by atoms with van der Waals surface area (Å²) in [5, 5.41) is 4.31. The molecule has 1 aromatic heterocycles. The number of para-hydroxylation sites is 1. The van der Waals surface area contributed by atoms with E-state index < -0.39 is 0 Å². The van der Waals surface area contributed by atoms with Crippen LogP contribution in [0.25, 0.3) is 10.9 Å². The number of hydrogen-bond acceptors (Lipinski definition) is 2. The van der Waals surface area contributed by atoms with Gasteiger partial charge < -0.3 is 5.32 Å². The molecular weight excluding hydrogens is 332 g/mol. The van der Waals surface area contributed by atoms with Gasteiger partial charge in [0.1, 0.15) is 0 Å². The van der Waals surface area contributed by atoms with Crippen molar-refractivity contribution in [1.82, 2.24) is 4.98 Å². The average molecular weight is 358 g/mol. The van der Waals surface area contributed by atoms with Crippen LogP contribution in [0.15, 0.2) is 60.8 Å². The fraction of sp³-hybridized carbons (Fsp3) is 0.333. The molecule has 4 rings (SSSR count). The molecule has 27 heavy (non-hydrogen) atoms. The zero-order valence-electron chi connectivity index (χ0n) is 15.8. The lowest BCUT2D eigenvalue weighted by atomic mass is 9.77. The Bertz CT molecular complexity index is 919. The first-order valence-corrected chi connectivity index (χ1v) is 9.89. The van der Waals surface area contributed by atoms with Crippen molar-refractivity contribution in [3.8, 4) is 0 Å². The lowest BCUT2D eigenvalue weighted by Gasteiger charge is -2.29. The van der Waals surface area contributed by atoms with Gasteiger partial charge in [-0.1, -0.05) is 35.9 Å². The Kier molecular flexibility index (Phi) is 5.19. The Morgan fingerprint density at radius 2 is 1.74 bits per heavy atom. The summed E-state index contributed by atoms with van der Waals surface area (Å²) in [7, 11) is 0. The fourth-order valence-electron chi connectivity index (χ4n) is 4.26. The van der Waals surface area contributed by atoms with Crippen LogP contribution in [0, 0.1) is 12.8 Å². The Balaban J connectivity index is 1.34. The van der Waals surface area contributed by atoms with Crippen molar-refractivity contribution in [2.75, 3.05) is 5.32 Å². The van der Waals surface area contributed by atoms with Gasteiger partial charge in [-0.25, -0.2) is 0 Å². The largest absolute Gasteiger partial charge is 0.326 e. The molecule has 1 heterocycles. The second kappa shape index (κ2) is 7.91. The van der Waals surface area contributed by atoms with Crippen LogP contribution in [-0.4, -0.2) is 10.9 Å². The average Bonchev–Trinajstić information content (AvgIpc) is 2.70. The highest BCUT2D eigenvalue weighted by Gasteiger charge is 2.25. The summed E-state index contributed by atoms with van der Waals surface area (Å²) in [4.78, 5) is 16.9. The molecule has 1 fully saturated rings. The predicted octanol–water partition coefficient (Wildman–Crippen LogP) is 5.85. The first kappa shape index (κ1) is 17.7. The minimum absolute atomic E-state index is 0.136. The van der Waals surface area contributed by atoms with Gasteiger partial charge in [0.2, 0.25) is 5.91 Å². The van der Waals surface area contributed by atoms with Gasteiger partial charge in [0.15, 0.2) is 0 Å². The van der Waals surface area contributed by atoms with Gasteiger partial charge in [-0.3, -0.25) is 9.78 Å². The first-order valence-electron chi connectivity index (χ1n) is 9.89. The number of aryl methyl sites for hydroxylation is 1. The second-order valence-electron chi connectivity index (χ2n) is 7.75. The van der Waals surface area contributed by atoms with Crippen LogP contribution in [0.1, 0.15) is 49.1 Å². The molecule has 1 N–H and O–H groups in total. The number of aromatic nitrogens is 1. The highest BCUT2D eigenvalue weighted by molar-refractivity contribution is 5.90. The molecule has 0 aliphatic heterocycles. The van der Waals surface area contributed by atoms with Crippen molar-refractivity contribution in [2.45, 2.75) is 44.9 Å². The number of nitrogens with one attached hydrogen (secondary N) is 1. The number of benzene rings is 2. The molecule has 3 heteroatoms. The van der Waals surface area contributed by atoms with Gasteiger partial charge >= 0.3 is 0 Å². The number of carbonyl (C=O) groups is 1. The molecule has 1 amide bonds. The molecule has 0 radical (unpaired) electrons. The maximum Gasteiger partial charge on any atom is 0.224 e. The molecule has 2 aromatic carbocycles. The van der Waals surface area contributed by atoms with Crippen molar-refractivity contribution < 1.29 is 4.79 Å². The summed E-state index contributed by atoms with van der Waals surface area (Å²) >= 11 is 0. The molecule has 1 aliphatic carbocycles. The molecule has 0 bridgehead atoms. The Hall–Kier alpha value is -2.68. The van der Waals surface area contributed by atoms with Crippen LogP contribution in [-0.2, 0) is 4.79 Å². The van der Waals surface area contributed by atoms with Crippen LogP contribution >= 0.6 is 0 Å². The molecule has 1 saturated carbocycles. The molecule has 138 valence electrons. The quantitative estimate of drug-likeness (QED) is 0.636. The maximum absolute atomic E-state index is 12.4. The van der Waals surface area contributed by atoms with Gasteiger partial charge in [0.25, 0.3) is 0 Å². The summed E-state index contributed by atoms with van der Waals surface area (Å²) in [6.45, 7) is 2.05. The van der Waals surface area contributed by atoms with E-state index in [1.165, 1.54) is 16.5 Å². The number of pyridine rings is 1. The molecular formula is C24H26N2O. The topological polar surface area (TPSA) is 42.0 Å². The maximum atomic E-state index is 12.4. The number of anilines is 1. The lowest BCUT2D eigenvalue weighted by molar-refractivity contribution is -0.117. The first-order chi connectivity index (χ1) is 13.2. The molecule has 0 spiro atoms. The van der Waals surface area contributed by atoms with Crippen LogP contribution in [0.2, 0.25) is 0 Å². The van der Waals surface area contributed by atoms with Crippen molar-refractivity contribution in [3.05, 3.63) is 71.9 Å². The van der Waals surface area contributed by atoms with Crippen LogP contribution < -0.4 is 5.32 Å². The molecule has 0 unspecified atom stereocenters. The number of rotatable bonds is 4. The normalized spacial score (nSPS) is 19.7. The second-order valence-corrected chi connectivity index (χ2v) is 7.75. The van der Waals surface area contributed by atoms with Gasteiger partial charge in [-0.05, 0) is 74.3 Å². The predicted molar refractivity (Wildman–Crippen MR) is 111 cm³/mol. The van der Waals surface area contributed by atoms with Crippen LogP contribution in [0.5, 0.6) is 0 Å². The summed E-state index contributed by atoms with van der Waals surface area (Å²) in [5.74, 6) is 1.20. The van der Waals surface area contributed by atoms with Crippen LogP contribution in [0.3, 0.4) is 0 Å². The van der Waals surface area contributed by atoms with E-state index in [4.69, 9.17) is 0 Å². The number of carbonyl (C=O) groups excluding carboxylic acids is 1. The van der Waals surface area contributed by atoms with Gasteiger partial charge in [0.05, 0.1) is 5.52 Å². The summed E-state index contributed by atoms with van der Waals surface area (Å²) < 4.78 is 0. The minimum atomic E-state index is 0.136. The van der Waals surface area contributed by atoms with Gasteiger partial charge in [0, 0.05) is 23.7 Å². The molecule has 3 nitrogen and oxygen atoms in total. The summed E-state index contributed by atoms with van der Waals surface area (Å²) in [6, 6.07) is 18.6. The minimum Gasteiger partial charge on any atom is -0.326 e. The lowest BCUT2D eigenvalue weighted by Crippen LogP contribution is -2.20. The van der Waals surface area contributed by atoms with Crippen LogP contribution in [0.4, 0.5) is 5.69 Å². The number of amides is 1. The van der Waals surface area contributed by atoms with E-state index in [1.54, 1.807) is 0 Å². The molecule has 1 aliphatic rings. The Labute approximate surface area is 160 Å². The fourth-order valence-corrected chi connectivity index (χ4v) is 4.26. The van der Waals surface area contributed by atoms with E-state index in [0.29, 0.717) is 18.3 Å². The number of nitrogens with zero attached hydrogens (tertiary/aromatic N) is 1. The smallest absolute Gasteiger partial charge is 0.224 e. The third-order valence-corrected chi connectivity index (χ3v) is 5.78. The van der Waals surface area contributed by atoms with E-state index in [9.17, 15) is 4.79 Å². The van der Waals surface area contributed by atoms with E-state index in [-0.39, 0.29) is 5.91 Å². The Morgan fingerprint density at radius 1 is 1.00 bits per heavy atom. The third-order valence-electron chi connectivity index (χ3n) is 5.78. The summed E-state index contributed by atoms with van der Waals surface area (Å²) in [6.07, 6.45) is 7.08. The zero-order chi connectivity index (χ0) is 18.6. The van der Waals surface area contributed by atoms with E-state index in [2.05, 4.69) is 41.5 Å². The van der Waals surface area contributed by atoms with E-state index in [1.807, 2.05) is 36.5 Å². The van der Waals surface area contributed by atoms with Gasteiger partial charge in [-0.2, -0.15) is 0 Å². The molecule has 0 atom stereocenters. The van der Waals surface area contributed by atoms with Crippen molar-refractivity contribution in [3.63, 3.8) is 0 Å². The monoisotopic (exact) mass is 358 g/mol. The highest BCUT2D eigenvalue weighted by Crippen LogP contribution is 2.39. The number of fused-ring (bicyclic) bond motifs is 1. The van der Waals surface area contributed by atoms with Crippen molar-refractivity contribution in [2.24, 2.45) is 5.92 Å². The summed E-state index contributed by atoms with van der Waals surface area (Å²) in [5.41, 5.74) is 4.59. The van der Waals surface area contributed by atoms with Crippen molar-refractivity contribution in [1.29, 1.82) is 0 Å². The molecule has 0 saturated heterocycles. The van der Waals surface area contributed by atoms with E-state index in [0.717, 1.165) is 36.9 Å².